The van der Waals surface area contributed by atoms with E-state index in [9.17, 15) is 4.79 Å². The highest BCUT2D eigenvalue weighted by atomic mass is 16.5. The van der Waals surface area contributed by atoms with E-state index in [4.69, 9.17) is 4.74 Å². The van der Waals surface area contributed by atoms with Crippen LogP contribution in [0.4, 0.5) is 0 Å². The van der Waals surface area contributed by atoms with Crippen LogP contribution in [0.5, 0.6) is 0 Å². The number of hydrogen-bond acceptors (Lipinski definition) is 2. The molecule has 0 aromatic carbocycles. The van der Waals surface area contributed by atoms with Crippen molar-refractivity contribution in [3.63, 3.8) is 0 Å². The van der Waals surface area contributed by atoms with Gasteiger partial charge in [-0.25, -0.2) is 0 Å². The second-order valence-corrected chi connectivity index (χ2v) is 5.03. The third-order valence-corrected chi connectivity index (χ3v) is 2.73. The fourth-order valence-electron chi connectivity index (χ4n) is 1.88. The Kier molecular flexibility index (Phi) is 5.42. The van der Waals surface area contributed by atoms with Crippen molar-refractivity contribution < 1.29 is 9.53 Å². The van der Waals surface area contributed by atoms with Gasteiger partial charge in [-0.3, -0.25) is 4.79 Å². The number of nitrogens with one attached hydrogen (secondary N) is 1. The Morgan fingerprint density at radius 1 is 1.71 bits per heavy atom. The molecule has 1 N–H and O–H groups in total. The molecule has 1 aliphatic heterocycles. The molecule has 2 atom stereocenters. The molecule has 0 saturated carbocycles. The molecule has 1 heterocycles. The van der Waals surface area contributed by atoms with Crippen LogP contribution in [0.15, 0.2) is 23.8 Å². The van der Waals surface area contributed by atoms with Gasteiger partial charge in [0.15, 0.2) is 0 Å². The van der Waals surface area contributed by atoms with Gasteiger partial charge in [-0.2, -0.15) is 0 Å². The third kappa shape index (κ3) is 5.68. The van der Waals surface area contributed by atoms with Crippen molar-refractivity contribution in [1.82, 2.24) is 5.32 Å². The molecule has 17 heavy (non-hydrogen) atoms. The number of ether oxygens (including phenoxy) is 1. The molecule has 96 valence electrons. The predicted octanol–water partition coefficient (Wildman–Crippen LogP) is 2.58. The van der Waals surface area contributed by atoms with Crippen molar-refractivity contribution in [1.29, 1.82) is 0 Å². The lowest BCUT2D eigenvalue weighted by Gasteiger charge is -2.12. The molecule has 0 aromatic heterocycles. The van der Waals surface area contributed by atoms with Crippen LogP contribution >= 0.6 is 0 Å². The normalized spacial score (nSPS) is 23.7. The van der Waals surface area contributed by atoms with Gasteiger partial charge < -0.3 is 10.1 Å². The second kappa shape index (κ2) is 6.60. The maximum atomic E-state index is 11.5. The van der Waals surface area contributed by atoms with E-state index in [1.165, 1.54) is 5.57 Å². The van der Waals surface area contributed by atoms with Gasteiger partial charge in [-0.1, -0.05) is 18.2 Å². The standard InChI is InChI=1S/C14H23NO2/c1-10(2)7-14(16)15-11(3)5-6-13-8-12(4)17-9-13/h6,11-12H,1,5,7-9H2,2-4H3,(H,15,16)/b13-6-. The van der Waals surface area contributed by atoms with Crippen molar-refractivity contribution in [3.8, 4) is 0 Å². The maximum absolute atomic E-state index is 11.5. The van der Waals surface area contributed by atoms with Gasteiger partial charge in [0.05, 0.1) is 12.7 Å². The fraction of sp³-hybridized carbons (Fsp3) is 0.643. The molecule has 3 heteroatoms. The van der Waals surface area contributed by atoms with E-state index in [0.29, 0.717) is 12.5 Å². The third-order valence-electron chi connectivity index (χ3n) is 2.73. The zero-order valence-electron chi connectivity index (χ0n) is 11.1. The lowest BCUT2D eigenvalue weighted by atomic mass is 10.1. The monoisotopic (exact) mass is 237 g/mol. The summed E-state index contributed by atoms with van der Waals surface area (Å²) in [5.74, 6) is 0.0550. The van der Waals surface area contributed by atoms with Crippen LogP contribution < -0.4 is 5.32 Å². The molecule has 3 nitrogen and oxygen atoms in total. The van der Waals surface area contributed by atoms with E-state index in [0.717, 1.165) is 25.0 Å². The highest BCUT2D eigenvalue weighted by Crippen LogP contribution is 2.18. The Balaban J connectivity index is 2.27. The molecule has 1 amide bonds. The van der Waals surface area contributed by atoms with Crippen molar-refractivity contribution in [2.24, 2.45) is 0 Å². The summed E-state index contributed by atoms with van der Waals surface area (Å²) in [5.41, 5.74) is 2.24. The highest BCUT2D eigenvalue weighted by molar-refractivity contribution is 5.78. The van der Waals surface area contributed by atoms with Crippen molar-refractivity contribution in [3.05, 3.63) is 23.8 Å². The van der Waals surface area contributed by atoms with Crippen LogP contribution in [0.25, 0.3) is 0 Å². The molecule has 0 aromatic rings. The van der Waals surface area contributed by atoms with Crippen molar-refractivity contribution in [2.45, 2.75) is 52.2 Å². The average molecular weight is 237 g/mol. The topological polar surface area (TPSA) is 38.3 Å². The van der Waals surface area contributed by atoms with Gasteiger partial charge >= 0.3 is 0 Å². The molecule has 0 bridgehead atoms. The van der Waals surface area contributed by atoms with Gasteiger partial charge in [0.2, 0.25) is 5.91 Å². The Labute approximate surface area is 104 Å². The summed E-state index contributed by atoms with van der Waals surface area (Å²) in [7, 11) is 0. The lowest BCUT2D eigenvalue weighted by Crippen LogP contribution is -2.32. The van der Waals surface area contributed by atoms with Gasteiger partial charge in [-0.05, 0) is 39.2 Å². The fourth-order valence-corrected chi connectivity index (χ4v) is 1.88. The first-order chi connectivity index (χ1) is 7.97. The summed E-state index contributed by atoms with van der Waals surface area (Å²) in [6.45, 7) is 10.4. The van der Waals surface area contributed by atoms with Crippen LogP contribution in [-0.4, -0.2) is 24.7 Å². The van der Waals surface area contributed by atoms with Gasteiger partial charge in [0.25, 0.3) is 0 Å². The molecule has 1 aliphatic rings. The summed E-state index contributed by atoms with van der Waals surface area (Å²) < 4.78 is 5.46. The summed E-state index contributed by atoms with van der Waals surface area (Å²) in [4.78, 5) is 11.5. The largest absolute Gasteiger partial charge is 0.374 e. The minimum Gasteiger partial charge on any atom is -0.374 e. The number of amides is 1. The summed E-state index contributed by atoms with van der Waals surface area (Å²) in [5, 5.41) is 2.96. The van der Waals surface area contributed by atoms with Crippen LogP contribution in [-0.2, 0) is 9.53 Å². The van der Waals surface area contributed by atoms with Crippen LogP contribution in [0.3, 0.4) is 0 Å². The molecular weight excluding hydrogens is 214 g/mol. The van der Waals surface area contributed by atoms with Crippen LogP contribution in [0, 0.1) is 0 Å². The molecule has 0 spiro atoms. The minimum absolute atomic E-state index is 0.0550. The van der Waals surface area contributed by atoms with Gasteiger partial charge in [-0.15, -0.1) is 0 Å². The first-order valence-corrected chi connectivity index (χ1v) is 6.20. The molecule has 1 fully saturated rings. The minimum atomic E-state index is 0.0550. The van der Waals surface area contributed by atoms with E-state index >= 15 is 0 Å². The van der Waals surface area contributed by atoms with E-state index < -0.39 is 0 Å². The van der Waals surface area contributed by atoms with Crippen molar-refractivity contribution >= 4 is 5.91 Å². The molecule has 1 rings (SSSR count). The number of hydrogen-bond donors (Lipinski definition) is 1. The number of carbonyl (C=O) groups excluding carboxylic acids is 1. The Hall–Kier alpha value is -1.09. The zero-order chi connectivity index (χ0) is 12.8. The van der Waals surface area contributed by atoms with Crippen molar-refractivity contribution in [2.75, 3.05) is 6.61 Å². The zero-order valence-corrected chi connectivity index (χ0v) is 11.1. The molecule has 0 aliphatic carbocycles. The van der Waals surface area contributed by atoms with E-state index in [1.54, 1.807) is 0 Å². The van der Waals surface area contributed by atoms with Crippen LogP contribution in [0.1, 0.15) is 40.0 Å². The summed E-state index contributed by atoms with van der Waals surface area (Å²) in [6.07, 6.45) is 4.84. The summed E-state index contributed by atoms with van der Waals surface area (Å²) >= 11 is 0. The SMILES string of the molecule is C=C(C)CC(=O)NC(C)C/C=C1\COC(C)C1. The maximum Gasteiger partial charge on any atom is 0.224 e. The molecule has 2 unspecified atom stereocenters. The molecule has 0 radical (unpaired) electrons. The smallest absolute Gasteiger partial charge is 0.224 e. The number of carbonyl (C=O) groups is 1. The Morgan fingerprint density at radius 2 is 2.41 bits per heavy atom. The van der Waals surface area contributed by atoms with Gasteiger partial charge in [0.1, 0.15) is 0 Å². The lowest BCUT2D eigenvalue weighted by molar-refractivity contribution is -0.120. The Bertz CT molecular complexity index is 320. The van der Waals surface area contributed by atoms with E-state index in [-0.39, 0.29) is 11.9 Å². The first-order valence-electron chi connectivity index (χ1n) is 6.20. The van der Waals surface area contributed by atoms with E-state index in [1.807, 2.05) is 13.8 Å². The quantitative estimate of drug-likeness (QED) is 0.746. The van der Waals surface area contributed by atoms with E-state index in [2.05, 4.69) is 24.9 Å². The molecule has 1 saturated heterocycles. The van der Waals surface area contributed by atoms with Gasteiger partial charge in [0, 0.05) is 12.5 Å². The molecular formula is C14H23NO2. The van der Waals surface area contributed by atoms with Crippen LogP contribution in [0.2, 0.25) is 0 Å². The highest BCUT2D eigenvalue weighted by Gasteiger charge is 2.15. The average Bonchev–Trinajstić information content (AvgIpc) is 2.59. The first kappa shape index (κ1) is 14.0. The Morgan fingerprint density at radius 3 is 2.94 bits per heavy atom. The summed E-state index contributed by atoms with van der Waals surface area (Å²) in [6, 6.07) is 0.172. The number of rotatable bonds is 5. The predicted molar refractivity (Wildman–Crippen MR) is 69.8 cm³/mol. The second-order valence-electron chi connectivity index (χ2n) is 5.03.